The number of carbonyl (C=O) groups excluding carboxylic acids is 1. The smallest absolute Gasteiger partial charge is 0.231 e. The van der Waals surface area contributed by atoms with E-state index < -0.39 is 0 Å². The summed E-state index contributed by atoms with van der Waals surface area (Å²) in [6, 6.07) is 17.8. The lowest BCUT2D eigenvalue weighted by Gasteiger charge is -2.19. The number of hydrogen-bond donors (Lipinski definition) is 2. The van der Waals surface area contributed by atoms with Crippen LogP contribution in [-0.2, 0) is 11.3 Å². The quantitative estimate of drug-likeness (QED) is 0.511. The van der Waals surface area contributed by atoms with Crippen molar-refractivity contribution in [3.05, 3.63) is 89.9 Å². The molecule has 2 N–H and O–H groups in total. The Morgan fingerprint density at radius 3 is 2.90 bits per heavy atom. The lowest BCUT2D eigenvalue weighted by Crippen LogP contribution is -2.25. The average molecular weight is 399 g/mol. The Balaban J connectivity index is 1.48. The summed E-state index contributed by atoms with van der Waals surface area (Å²) in [5.74, 6) is 1.22. The zero-order valence-corrected chi connectivity index (χ0v) is 16.3. The number of nitrogens with one attached hydrogen (secondary N) is 2. The number of amides is 1. The maximum Gasteiger partial charge on any atom is 0.231 e. The molecule has 0 fully saturated rings. The number of rotatable bonds is 6. The van der Waals surface area contributed by atoms with Gasteiger partial charge in [0.15, 0.2) is 11.5 Å². The molecule has 1 atom stereocenters. The van der Waals surface area contributed by atoms with Gasteiger partial charge in [0.05, 0.1) is 0 Å². The SMILES string of the molecule is O=C(C[C@H](c1cccc2c1OCO2)c1c[nH]c2ccccc12)NCc1cccnc1. The molecule has 5 rings (SSSR count). The van der Waals surface area contributed by atoms with E-state index in [-0.39, 0.29) is 18.6 Å². The van der Waals surface area contributed by atoms with E-state index in [2.05, 4.69) is 21.4 Å². The number of aromatic amines is 1. The van der Waals surface area contributed by atoms with E-state index in [0.29, 0.717) is 24.5 Å². The molecular weight excluding hydrogens is 378 g/mol. The molecule has 2 aromatic heterocycles. The number of ether oxygens (including phenoxy) is 2. The van der Waals surface area contributed by atoms with Crippen molar-refractivity contribution in [1.82, 2.24) is 15.3 Å². The van der Waals surface area contributed by atoms with Crippen LogP contribution in [0, 0.1) is 0 Å². The van der Waals surface area contributed by atoms with Gasteiger partial charge in [-0.15, -0.1) is 0 Å². The Bertz CT molecular complexity index is 1190. The molecule has 1 aliphatic rings. The van der Waals surface area contributed by atoms with Gasteiger partial charge in [-0.2, -0.15) is 0 Å². The van der Waals surface area contributed by atoms with Gasteiger partial charge in [-0.05, 0) is 29.3 Å². The monoisotopic (exact) mass is 399 g/mol. The second-order valence-electron chi connectivity index (χ2n) is 7.27. The minimum atomic E-state index is -0.174. The predicted octanol–water partition coefficient (Wildman–Crippen LogP) is 4.13. The Kier molecular flexibility index (Phi) is 4.81. The van der Waals surface area contributed by atoms with Gasteiger partial charge < -0.3 is 19.8 Å². The molecular formula is C24H21N3O3. The number of carbonyl (C=O) groups is 1. The van der Waals surface area contributed by atoms with Gasteiger partial charge in [0.25, 0.3) is 0 Å². The van der Waals surface area contributed by atoms with Crippen LogP contribution in [0.25, 0.3) is 10.9 Å². The summed E-state index contributed by atoms with van der Waals surface area (Å²) in [6.07, 6.45) is 5.75. The molecule has 0 bridgehead atoms. The molecule has 0 saturated heterocycles. The molecule has 30 heavy (non-hydrogen) atoms. The maximum atomic E-state index is 12.9. The number of fused-ring (bicyclic) bond motifs is 2. The second kappa shape index (κ2) is 7.91. The Morgan fingerprint density at radius 2 is 2.00 bits per heavy atom. The molecule has 6 nitrogen and oxygen atoms in total. The van der Waals surface area contributed by atoms with E-state index in [0.717, 1.165) is 27.6 Å². The first kappa shape index (κ1) is 18.2. The summed E-state index contributed by atoms with van der Waals surface area (Å²) >= 11 is 0. The fraction of sp³-hybridized carbons (Fsp3) is 0.167. The van der Waals surface area contributed by atoms with Crippen molar-refractivity contribution >= 4 is 16.8 Å². The molecule has 0 aliphatic carbocycles. The van der Waals surface area contributed by atoms with Gasteiger partial charge in [0.1, 0.15) is 0 Å². The van der Waals surface area contributed by atoms with Crippen molar-refractivity contribution in [1.29, 1.82) is 0 Å². The summed E-state index contributed by atoms with van der Waals surface area (Å²) in [4.78, 5) is 20.3. The lowest BCUT2D eigenvalue weighted by molar-refractivity contribution is -0.121. The minimum absolute atomic E-state index is 0.0364. The van der Waals surface area contributed by atoms with Gasteiger partial charge in [-0.25, -0.2) is 0 Å². The molecule has 0 spiro atoms. The summed E-state index contributed by atoms with van der Waals surface area (Å²) in [5.41, 5.74) is 4.02. The van der Waals surface area contributed by atoms with Crippen LogP contribution in [0.15, 0.2) is 73.2 Å². The van der Waals surface area contributed by atoms with Gasteiger partial charge in [-0.1, -0.05) is 36.4 Å². The van der Waals surface area contributed by atoms with E-state index in [1.807, 2.05) is 54.7 Å². The van der Waals surface area contributed by atoms with Crippen molar-refractivity contribution in [2.24, 2.45) is 0 Å². The minimum Gasteiger partial charge on any atom is -0.454 e. The van der Waals surface area contributed by atoms with Gasteiger partial charge in [0, 0.05) is 53.9 Å². The molecule has 150 valence electrons. The number of nitrogens with zero attached hydrogens (tertiary/aromatic N) is 1. The third-order valence-corrected chi connectivity index (χ3v) is 5.40. The predicted molar refractivity (Wildman–Crippen MR) is 113 cm³/mol. The van der Waals surface area contributed by atoms with Crippen LogP contribution in [0.5, 0.6) is 11.5 Å². The third-order valence-electron chi connectivity index (χ3n) is 5.40. The fourth-order valence-corrected chi connectivity index (χ4v) is 3.96. The standard InChI is InChI=1S/C24H21N3O3/c28-23(27-13-16-5-4-10-25-12-16)11-19(18-7-3-9-22-24(18)30-15-29-22)20-14-26-21-8-2-1-6-17(20)21/h1-10,12,14,19,26H,11,13,15H2,(H,27,28)/t19-/m1/s1. The number of hydrogen-bond acceptors (Lipinski definition) is 4. The van der Waals surface area contributed by atoms with E-state index in [9.17, 15) is 4.79 Å². The number of benzene rings is 2. The topological polar surface area (TPSA) is 76.2 Å². The number of para-hydroxylation sites is 2. The van der Waals surface area contributed by atoms with Gasteiger partial charge in [0.2, 0.25) is 12.7 Å². The Morgan fingerprint density at radius 1 is 1.07 bits per heavy atom. The highest BCUT2D eigenvalue weighted by molar-refractivity contribution is 5.86. The van der Waals surface area contributed by atoms with Crippen molar-refractivity contribution < 1.29 is 14.3 Å². The van der Waals surface area contributed by atoms with Crippen LogP contribution < -0.4 is 14.8 Å². The highest BCUT2D eigenvalue weighted by atomic mass is 16.7. The molecule has 3 heterocycles. The summed E-state index contributed by atoms with van der Waals surface area (Å²) < 4.78 is 11.3. The normalized spacial score (nSPS) is 13.3. The van der Waals surface area contributed by atoms with E-state index >= 15 is 0 Å². The summed E-state index contributed by atoms with van der Waals surface area (Å²) in [7, 11) is 0. The number of aromatic nitrogens is 2. The number of pyridine rings is 1. The van der Waals surface area contributed by atoms with Crippen LogP contribution in [0.3, 0.4) is 0 Å². The third kappa shape index (κ3) is 3.48. The van der Waals surface area contributed by atoms with Crippen LogP contribution in [0.4, 0.5) is 0 Å². The molecule has 1 aliphatic heterocycles. The molecule has 0 unspecified atom stereocenters. The zero-order valence-electron chi connectivity index (χ0n) is 16.3. The molecule has 2 aromatic carbocycles. The Hall–Kier alpha value is -3.80. The van der Waals surface area contributed by atoms with Crippen molar-refractivity contribution in [3.8, 4) is 11.5 Å². The summed E-state index contributed by atoms with van der Waals surface area (Å²) in [6.45, 7) is 0.639. The molecule has 0 radical (unpaired) electrons. The first-order valence-corrected chi connectivity index (χ1v) is 9.90. The van der Waals surface area contributed by atoms with Crippen LogP contribution >= 0.6 is 0 Å². The first-order chi connectivity index (χ1) is 14.8. The highest BCUT2D eigenvalue weighted by Gasteiger charge is 2.28. The van der Waals surface area contributed by atoms with Gasteiger partial charge in [-0.3, -0.25) is 9.78 Å². The molecule has 0 saturated carbocycles. The largest absolute Gasteiger partial charge is 0.454 e. The van der Waals surface area contributed by atoms with E-state index in [1.165, 1.54) is 0 Å². The summed E-state index contributed by atoms with van der Waals surface area (Å²) in [5, 5.41) is 4.11. The van der Waals surface area contributed by atoms with E-state index in [4.69, 9.17) is 9.47 Å². The van der Waals surface area contributed by atoms with Crippen molar-refractivity contribution in [2.45, 2.75) is 18.9 Å². The van der Waals surface area contributed by atoms with Crippen molar-refractivity contribution in [2.75, 3.05) is 6.79 Å². The maximum absolute atomic E-state index is 12.9. The lowest BCUT2D eigenvalue weighted by atomic mass is 9.87. The molecule has 6 heteroatoms. The van der Waals surface area contributed by atoms with Crippen molar-refractivity contribution in [3.63, 3.8) is 0 Å². The van der Waals surface area contributed by atoms with E-state index in [1.54, 1.807) is 12.4 Å². The first-order valence-electron chi connectivity index (χ1n) is 9.90. The second-order valence-corrected chi connectivity index (χ2v) is 7.27. The molecule has 1 amide bonds. The van der Waals surface area contributed by atoms with Gasteiger partial charge >= 0.3 is 0 Å². The highest BCUT2D eigenvalue weighted by Crippen LogP contribution is 2.44. The fourth-order valence-electron chi connectivity index (χ4n) is 3.96. The molecule has 4 aromatic rings. The average Bonchev–Trinajstić information content (AvgIpc) is 3.44. The Labute approximate surface area is 173 Å². The van der Waals surface area contributed by atoms with Crippen LogP contribution in [0.1, 0.15) is 29.0 Å². The van der Waals surface area contributed by atoms with Crippen LogP contribution in [0.2, 0.25) is 0 Å². The zero-order chi connectivity index (χ0) is 20.3. The number of H-pyrrole nitrogens is 1. The van der Waals surface area contributed by atoms with Crippen LogP contribution in [-0.4, -0.2) is 22.7 Å².